The predicted octanol–water partition coefficient (Wildman–Crippen LogP) is 3.96. The van der Waals surface area contributed by atoms with E-state index in [1.807, 2.05) is 36.4 Å². The Hall–Kier alpha value is -2.85. The predicted molar refractivity (Wildman–Crippen MR) is 91.8 cm³/mol. The van der Waals surface area contributed by atoms with Gasteiger partial charge >= 0.3 is 0 Å². The summed E-state index contributed by atoms with van der Waals surface area (Å²) in [5, 5.41) is 12.9. The van der Waals surface area contributed by atoms with Gasteiger partial charge in [0.2, 0.25) is 0 Å². The summed E-state index contributed by atoms with van der Waals surface area (Å²) in [6.45, 7) is 0.660. The third-order valence-electron chi connectivity index (χ3n) is 3.51. The lowest BCUT2D eigenvalue weighted by Gasteiger charge is -2.09. The van der Waals surface area contributed by atoms with Crippen LogP contribution in [0.25, 0.3) is 17.4 Å². The van der Waals surface area contributed by atoms with E-state index in [1.165, 1.54) is 12.0 Å². The number of hydrogen-bond acceptors (Lipinski definition) is 4. The van der Waals surface area contributed by atoms with Crippen molar-refractivity contribution in [2.75, 3.05) is 11.9 Å². The highest BCUT2D eigenvalue weighted by Crippen LogP contribution is 2.26. The summed E-state index contributed by atoms with van der Waals surface area (Å²) in [6, 6.07) is 16.0. The molecule has 0 spiro atoms. The Bertz CT molecular complexity index is 765. The molecule has 0 aliphatic carbocycles. The fraction of sp³-hybridized carbons (Fsp3) is 0.105. The normalized spacial score (nSPS) is 11.0. The van der Waals surface area contributed by atoms with Crippen LogP contribution in [0.4, 0.5) is 5.69 Å². The lowest BCUT2D eigenvalue weighted by Crippen LogP contribution is -1.99. The summed E-state index contributed by atoms with van der Waals surface area (Å²) in [5.41, 5.74) is 3.79. The summed E-state index contributed by atoms with van der Waals surface area (Å²) >= 11 is 0. The molecular weight excluding hydrogens is 288 g/mol. The van der Waals surface area contributed by atoms with Gasteiger partial charge in [-0.15, -0.1) is 0 Å². The lowest BCUT2D eigenvalue weighted by atomic mass is 10.1. The minimum absolute atomic E-state index is 0.0502. The second-order valence-electron chi connectivity index (χ2n) is 5.09. The Morgan fingerprint density at radius 3 is 2.74 bits per heavy atom. The zero-order valence-corrected chi connectivity index (χ0v) is 12.6. The largest absolute Gasteiger partial charge is 0.444 e. The molecule has 0 fully saturated rings. The highest BCUT2D eigenvalue weighted by molar-refractivity contribution is 5.65. The molecule has 116 valence electrons. The molecule has 3 rings (SSSR count). The molecule has 3 aromatic rings. The topological polar surface area (TPSA) is 58.3 Å². The summed E-state index contributed by atoms with van der Waals surface area (Å²) in [4.78, 5) is 3.91. The maximum atomic E-state index is 9.56. The highest BCUT2D eigenvalue weighted by atomic mass is 16.3. The summed E-state index contributed by atoms with van der Waals surface area (Å²) in [5.74, 6) is 0.657. The van der Waals surface area contributed by atoms with Crippen LogP contribution in [0.1, 0.15) is 11.1 Å². The molecule has 4 heteroatoms. The first-order valence-electron chi connectivity index (χ1n) is 7.45. The van der Waals surface area contributed by atoms with Crippen LogP contribution in [-0.2, 0) is 6.61 Å². The second-order valence-corrected chi connectivity index (χ2v) is 5.09. The monoisotopic (exact) mass is 306 g/mol. The number of hydrogen-bond donors (Lipinski definition) is 2. The Morgan fingerprint density at radius 1 is 1.13 bits per heavy atom. The quantitative estimate of drug-likeness (QED) is 0.724. The van der Waals surface area contributed by atoms with Crippen LogP contribution in [0.5, 0.6) is 0 Å². The first-order valence-corrected chi connectivity index (χ1v) is 7.45. The van der Waals surface area contributed by atoms with E-state index in [9.17, 15) is 5.11 Å². The number of aliphatic hydroxyl groups is 1. The van der Waals surface area contributed by atoms with Gasteiger partial charge in [0, 0.05) is 17.8 Å². The Balaban J connectivity index is 1.66. The van der Waals surface area contributed by atoms with Crippen LogP contribution in [0.2, 0.25) is 0 Å². The summed E-state index contributed by atoms with van der Waals surface area (Å²) < 4.78 is 5.30. The van der Waals surface area contributed by atoms with Gasteiger partial charge in [-0.1, -0.05) is 42.5 Å². The molecule has 0 aliphatic heterocycles. The van der Waals surface area contributed by atoms with E-state index in [0.717, 1.165) is 16.8 Å². The molecule has 0 saturated carbocycles. The molecule has 2 aromatic carbocycles. The molecule has 0 saturated heterocycles. The molecule has 0 amide bonds. The van der Waals surface area contributed by atoms with Crippen molar-refractivity contribution < 1.29 is 9.52 Å². The van der Waals surface area contributed by atoms with Crippen molar-refractivity contribution in [2.45, 2.75) is 6.61 Å². The van der Waals surface area contributed by atoms with Gasteiger partial charge in [0.05, 0.1) is 12.8 Å². The molecule has 0 bridgehead atoms. The van der Waals surface area contributed by atoms with Gasteiger partial charge in [-0.2, -0.15) is 0 Å². The third-order valence-corrected chi connectivity index (χ3v) is 3.51. The average molecular weight is 306 g/mol. The SMILES string of the molecule is OCc1cc(NC/C=C/c2ccccc2)ccc1-c1cnco1. The number of nitrogens with one attached hydrogen (secondary N) is 1. The number of nitrogens with zero attached hydrogens (tertiary/aromatic N) is 1. The van der Waals surface area contributed by atoms with Crippen molar-refractivity contribution in [3.8, 4) is 11.3 Å². The Morgan fingerprint density at radius 2 is 2.00 bits per heavy atom. The molecule has 1 aromatic heterocycles. The van der Waals surface area contributed by atoms with E-state index in [-0.39, 0.29) is 6.61 Å². The van der Waals surface area contributed by atoms with Gasteiger partial charge < -0.3 is 14.8 Å². The molecule has 0 radical (unpaired) electrons. The van der Waals surface area contributed by atoms with Crippen LogP contribution < -0.4 is 5.32 Å². The van der Waals surface area contributed by atoms with Crippen LogP contribution in [0.15, 0.2) is 71.6 Å². The smallest absolute Gasteiger partial charge is 0.181 e. The number of aromatic nitrogens is 1. The van der Waals surface area contributed by atoms with E-state index in [0.29, 0.717) is 12.3 Å². The van der Waals surface area contributed by atoms with Crippen LogP contribution in [0.3, 0.4) is 0 Å². The molecule has 4 nitrogen and oxygen atoms in total. The molecule has 0 atom stereocenters. The van der Waals surface area contributed by atoms with Gasteiger partial charge in [-0.3, -0.25) is 0 Å². The highest BCUT2D eigenvalue weighted by Gasteiger charge is 2.08. The van der Waals surface area contributed by atoms with E-state index in [4.69, 9.17) is 4.42 Å². The molecule has 1 heterocycles. The van der Waals surface area contributed by atoms with Crippen LogP contribution in [0, 0.1) is 0 Å². The van der Waals surface area contributed by atoms with Crippen molar-refractivity contribution in [2.24, 2.45) is 0 Å². The number of aliphatic hydroxyl groups excluding tert-OH is 1. The van der Waals surface area contributed by atoms with Crippen molar-refractivity contribution in [3.63, 3.8) is 0 Å². The number of anilines is 1. The van der Waals surface area contributed by atoms with E-state index < -0.39 is 0 Å². The summed E-state index contributed by atoms with van der Waals surface area (Å²) in [6.07, 6.45) is 7.17. The zero-order valence-electron chi connectivity index (χ0n) is 12.6. The van der Waals surface area contributed by atoms with Crippen LogP contribution >= 0.6 is 0 Å². The first kappa shape index (κ1) is 15.1. The number of benzene rings is 2. The molecule has 2 N–H and O–H groups in total. The summed E-state index contributed by atoms with van der Waals surface area (Å²) in [7, 11) is 0. The fourth-order valence-electron chi connectivity index (χ4n) is 2.36. The molecule has 23 heavy (non-hydrogen) atoms. The maximum absolute atomic E-state index is 9.56. The van der Waals surface area contributed by atoms with Crippen molar-refractivity contribution in [3.05, 3.63) is 78.3 Å². The molecular formula is C19H18N2O2. The lowest BCUT2D eigenvalue weighted by molar-refractivity contribution is 0.282. The number of rotatable bonds is 6. The van der Waals surface area contributed by atoms with E-state index in [2.05, 4.69) is 34.6 Å². The van der Waals surface area contributed by atoms with Gasteiger partial charge in [-0.25, -0.2) is 4.98 Å². The zero-order chi connectivity index (χ0) is 15.9. The average Bonchev–Trinajstić information content (AvgIpc) is 3.14. The van der Waals surface area contributed by atoms with Crippen molar-refractivity contribution >= 4 is 11.8 Å². The second kappa shape index (κ2) is 7.42. The standard InChI is InChI=1S/C19H18N2O2/c22-13-16-11-17(8-9-18(16)19-12-20-14-23-19)21-10-4-7-15-5-2-1-3-6-15/h1-9,11-12,14,21-22H,10,13H2/b7-4+. The first-order chi connectivity index (χ1) is 11.4. The van der Waals surface area contributed by atoms with Crippen molar-refractivity contribution in [1.82, 2.24) is 4.98 Å². The Labute approximate surface area is 135 Å². The van der Waals surface area contributed by atoms with Gasteiger partial charge in [-0.05, 0) is 29.3 Å². The minimum Gasteiger partial charge on any atom is -0.444 e. The van der Waals surface area contributed by atoms with E-state index in [1.54, 1.807) is 6.20 Å². The number of oxazole rings is 1. The Kier molecular flexibility index (Phi) is 4.86. The minimum atomic E-state index is -0.0502. The van der Waals surface area contributed by atoms with Gasteiger partial charge in [0.15, 0.2) is 12.2 Å². The fourth-order valence-corrected chi connectivity index (χ4v) is 2.36. The van der Waals surface area contributed by atoms with Gasteiger partial charge in [0.25, 0.3) is 0 Å². The molecule has 0 aliphatic rings. The van der Waals surface area contributed by atoms with Crippen LogP contribution in [-0.4, -0.2) is 16.6 Å². The van der Waals surface area contributed by atoms with E-state index >= 15 is 0 Å². The third kappa shape index (κ3) is 3.87. The van der Waals surface area contributed by atoms with Gasteiger partial charge in [0.1, 0.15) is 0 Å². The molecule has 0 unspecified atom stereocenters. The van der Waals surface area contributed by atoms with Crippen molar-refractivity contribution in [1.29, 1.82) is 0 Å². The maximum Gasteiger partial charge on any atom is 0.181 e.